The van der Waals surface area contributed by atoms with E-state index in [2.05, 4.69) is 126 Å². The van der Waals surface area contributed by atoms with Crippen LogP contribution in [0.2, 0.25) is 0 Å². The number of morpholine rings is 1. The lowest BCUT2D eigenvalue weighted by molar-refractivity contribution is 0.122. The van der Waals surface area contributed by atoms with Crippen molar-refractivity contribution in [2.75, 3.05) is 45.4 Å². The maximum atomic E-state index is 7.53. The molecule has 1 aliphatic carbocycles. The Hall–Kier alpha value is -5.66. The van der Waals surface area contributed by atoms with Gasteiger partial charge in [-0.15, -0.1) is 0 Å². The third kappa shape index (κ3) is 4.90. The van der Waals surface area contributed by atoms with Gasteiger partial charge >= 0.3 is 0 Å². The first-order valence-electron chi connectivity index (χ1n) is 17.5. The Bertz CT molecular complexity index is 2300. The molecule has 9 rings (SSSR count). The molecule has 6 aromatic rings. The van der Waals surface area contributed by atoms with Crippen LogP contribution in [0.5, 0.6) is 17.5 Å². The minimum Gasteiger partial charge on any atom is -0.481 e. The van der Waals surface area contributed by atoms with Crippen LogP contribution in [-0.2, 0) is 15.8 Å². The molecule has 0 amide bonds. The maximum absolute atomic E-state index is 7.53. The number of aromatic nitrogens is 2. The fourth-order valence-corrected chi connectivity index (χ4v) is 8.23. The lowest BCUT2D eigenvalue weighted by Crippen LogP contribution is -2.37. The fourth-order valence-electron chi connectivity index (χ4n) is 8.23. The minimum atomic E-state index is -0.908. The van der Waals surface area contributed by atoms with Crippen LogP contribution < -0.4 is 19.1 Å². The molecule has 3 aliphatic rings. The van der Waals surface area contributed by atoms with Crippen molar-refractivity contribution in [1.29, 1.82) is 0 Å². The second kappa shape index (κ2) is 12.0. The maximum Gasteiger partial charge on any atom is 0.220 e. The highest BCUT2D eigenvalue weighted by Gasteiger charge is 2.44. The number of anilines is 1. The van der Waals surface area contributed by atoms with Crippen molar-refractivity contribution < 1.29 is 18.9 Å². The zero-order chi connectivity index (χ0) is 34.7. The third-order valence-electron chi connectivity index (χ3n) is 10.8. The highest BCUT2D eigenvalue weighted by molar-refractivity contribution is 6.08. The normalized spacial score (nSPS) is 18.5. The molecule has 254 valence electrons. The van der Waals surface area contributed by atoms with Gasteiger partial charge in [-0.1, -0.05) is 105 Å². The quantitative estimate of drug-likeness (QED) is 0.175. The number of benzene rings is 5. The van der Waals surface area contributed by atoms with E-state index in [9.17, 15) is 0 Å². The van der Waals surface area contributed by atoms with Crippen LogP contribution in [0.1, 0.15) is 41.7 Å². The van der Waals surface area contributed by atoms with Gasteiger partial charge in [0.15, 0.2) is 11.4 Å². The zero-order valence-corrected chi connectivity index (χ0v) is 29.3. The zero-order valence-electron chi connectivity index (χ0n) is 29.3. The van der Waals surface area contributed by atoms with Crippen molar-refractivity contribution >= 4 is 22.5 Å². The number of fused-ring (bicyclic) bond motifs is 8. The second-order valence-corrected chi connectivity index (χ2v) is 13.9. The molecule has 1 atom stereocenters. The Morgan fingerprint density at radius 3 is 2.04 bits per heavy atom. The Balaban J connectivity index is 1.22. The average molecular weight is 674 g/mol. The van der Waals surface area contributed by atoms with Crippen LogP contribution in [0.3, 0.4) is 0 Å². The van der Waals surface area contributed by atoms with E-state index in [0.29, 0.717) is 17.6 Å². The van der Waals surface area contributed by atoms with E-state index in [1.54, 1.807) is 20.3 Å². The first-order chi connectivity index (χ1) is 24.9. The summed E-state index contributed by atoms with van der Waals surface area (Å²) >= 11 is 0. The summed E-state index contributed by atoms with van der Waals surface area (Å²) in [6.07, 6.45) is 4.55. The molecule has 0 N–H and O–H groups in total. The smallest absolute Gasteiger partial charge is 0.220 e. The molecular weight excluding hydrogens is 635 g/mol. The molecule has 2 aliphatic heterocycles. The van der Waals surface area contributed by atoms with Gasteiger partial charge in [0.2, 0.25) is 11.8 Å². The standard InChI is InChI=1S/C44H39N3O4/c1-43(2)36-12-8-7-11-34(36)39-32-9-5-6-10-33(32)41-35(40(39)43)21-22-44(51-41,30-17-19-31(20-18-30)47-23-25-50-26-24-47)29-15-13-28(14-16-29)42-45-37(48-3)27-38(46-42)49-4/h5-22,27H,23-26H2,1-4H3. The minimum absolute atomic E-state index is 0.201. The van der Waals surface area contributed by atoms with Gasteiger partial charge in [0.25, 0.3) is 0 Å². The summed E-state index contributed by atoms with van der Waals surface area (Å²) in [5, 5.41) is 2.31. The number of ether oxygens (including phenoxy) is 4. The van der Waals surface area contributed by atoms with Gasteiger partial charge in [0, 0.05) is 51.8 Å². The molecule has 1 fully saturated rings. The Morgan fingerprint density at radius 1 is 0.725 bits per heavy atom. The van der Waals surface area contributed by atoms with E-state index in [0.717, 1.165) is 59.7 Å². The fraction of sp³-hybridized carbons (Fsp3) is 0.227. The van der Waals surface area contributed by atoms with Crippen molar-refractivity contribution in [3.8, 4) is 40.0 Å². The molecule has 1 saturated heterocycles. The van der Waals surface area contributed by atoms with Crippen LogP contribution in [0.25, 0.3) is 39.4 Å². The van der Waals surface area contributed by atoms with E-state index in [4.69, 9.17) is 18.9 Å². The molecule has 51 heavy (non-hydrogen) atoms. The summed E-state index contributed by atoms with van der Waals surface area (Å²) in [6.45, 7) is 7.90. The van der Waals surface area contributed by atoms with Gasteiger partial charge in [0.05, 0.1) is 33.5 Å². The molecule has 7 nitrogen and oxygen atoms in total. The molecule has 0 spiro atoms. The van der Waals surface area contributed by atoms with Crippen LogP contribution in [0, 0.1) is 0 Å². The van der Waals surface area contributed by atoms with Crippen LogP contribution in [0.15, 0.2) is 109 Å². The lowest BCUT2D eigenvalue weighted by Gasteiger charge is -2.39. The Morgan fingerprint density at radius 2 is 1.35 bits per heavy atom. The van der Waals surface area contributed by atoms with Crippen LogP contribution in [-0.4, -0.2) is 50.5 Å². The van der Waals surface area contributed by atoms with Crippen molar-refractivity contribution in [3.63, 3.8) is 0 Å². The number of rotatable bonds is 6. The van der Waals surface area contributed by atoms with Crippen molar-refractivity contribution in [2.24, 2.45) is 0 Å². The van der Waals surface area contributed by atoms with Gasteiger partial charge in [-0.05, 0) is 45.8 Å². The highest BCUT2D eigenvalue weighted by atomic mass is 16.5. The molecule has 5 aromatic carbocycles. The number of methoxy groups -OCH3 is 2. The van der Waals surface area contributed by atoms with E-state index in [-0.39, 0.29) is 5.41 Å². The predicted octanol–water partition coefficient (Wildman–Crippen LogP) is 8.81. The molecule has 3 heterocycles. The first-order valence-corrected chi connectivity index (χ1v) is 17.5. The molecule has 7 heteroatoms. The van der Waals surface area contributed by atoms with E-state index >= 15 is 0 Å². The summed E-state index contributed by atoms with van der Waals surface area (Å²) in [7, 11) is 3.18. The van der Waals surface area contributed by atoms with Gasteiger partial charge < -0.3 is 23.8 Å². The molecule has 1 aromatic heterocycles. The summed E-state index contributed by atoms with van der Waals surface area (Å²) in [6, 6.07) is 36.3. The van der Waals surface area contributed by atoms with E-state index in [1.807, 2.05) is 12.1 Å². The largest absolute Gasteiger partial charge is 0.481 e. The van der Waals surface area contributed by atoms with Gasteiger partial charge in [-0.25, -0.2) is 0 Å². The van der Waals surface area contributed by atoms with Crippen molar-refractivity contribution in [3.05, 3.63) is 137 Å². The number of hydrogen-bond donors (Lipinski definition) is 0. The second-order valence-electron chi connectivity index (χ2n) is 13.9. The molecular formula is C44H39N3O4. The Labute approximate surface area is 298 Å². The lowest BCUT2D eigenvalue weighted by atomic mass is 9.76. The average Bonchev–Trinajstić information content (AvgIpc) is 3.44. The van der Waals surface area contributed by atoms with E-state index < -0.39 is 5.60 Å². The van der Waals surface area contributed by atoms with Gasteiger partial charge in [-0.2, -0.15) is 9.97 Å². The molecule has 0 bridgehead atoms. The number of hydrogen-bond acceptors (Lipinski definition) is 7. The first kappa shape index (κ1) is 31.3. The van der Waals surface area contributed by atoms with E-state index in [1.165, 1.54) is 33.3 Å². The topological polar surface area (TPSA) is 65.9 Å². The van der Waals surface area contributed by atoms with Gasteiger partial charge in [0.1, 0.15) is 5.75 Å². The summed E-state index contributed by atoms with van der Waals surface area (Å²) in [5.74, 6) is 2.31. The SMILES string of the molecule is COc1cc(OC)nc(-c2ccc(C3(c4ccc(N5CCOCC5)cc4)C=Cc4c5c(c6ccccc6c4O3)-c3ccccc3C5(C)C)cc2)n1. The Kier molecular flexibility index (Phi) is 7.37. The molecule has 0 radical (unpaired) electrons. The van der Waals surface area contributed by atoms with Crippen LogP contribution >= 0.6 is 0 Å². The van der Waals surface area contributed by atoms with Gasteiger partial charge in [-0.3, -0.25) is 0 Å². The van der Waals surface area contributed by atoms with Crippen LogP contribution in [0.4, 0.5) is 5.69 Å². The summed E-state index contributed by atoms with van der Waals surface area (Å²) < 4.78 is 24.0. The van der Waals surface area contributed by atoms with Crippen molar-refractivity contribution in [1.82, 2.24) is 9.97 Å². The third-order valence-corrected chi connectivity index (χ3v) is 10.8. The summed E-state index contributed by atoms with van der Waals surface area (Å²) in [5.41, 5.74) is 9.34. The predicted molar refractivity (Wildman–Crippen MR) is 202 cm³/mol. The molecule has 0 saturated carbocycles. The van der Waals surface area contributed by atoms with Crippen molar-refractivity contribution in [2.45, 2.75) is 24.9 Å². The highest BCUT2D eigenvalue weighted by Crippen LogP contribution is 2.58. The monoisotopic (exact) mass is 673 g/mol. The molecule has 1 unspecified atom stereocenters. The summed E-state index contributed by atoms with van der Waals surface area (Å²) in [4.78, 5) is 11.6. The number of nitrogens with zero attached hydrogens (tertiary/aromatic N) is 3.